The molecule has 4 N–H and O–H groups in total. The van der Waals surface area contributed by atoms with Gasteiger partial charge in [-0.15, -0.1) is 0 Å². The Morgan fingerprint density at radius 1 is 1.17 bits per heavy atom. The molecule has 0 aliphatic carbocycles. The normalized spacial score (nSPS) is 16.4. The van der Waals surface area contributed by atoms with E-state index in [0.29, 0.717) is 16.9 Å². The molecule has 2 aromatic carbocycles. The average Bonchev–Trinajstić information content (AvgIpc) is 3.16. The van der Waals surface area contributed by atoms with Crippen LogP contribution in [0.15, 0.2) is 58.5 Å². The fraction of sp³-hybridized carbons (Fsp3) is 0.211. The zero-order chi connectivity index (χ0) is 21.2. The van der Waals surface area contributed by atoms with Gasteiger partial charge in [-0.05, 0) is 43.8 Å². The van der Waals surface area contributed by atoms with Gasteiger partial charge in [0.05, 0.1) is 10.6 Å². The van der Waals surface area contributed by atoms with Gasteiger partial charge < -0.3 is 11.1 Å². The van der Waals surface area contributed by atoms with Crippen molar-refractivity contribution in [1.82, 2.24) is 4.72 Å². The number of nitrogens with two attached hydrogens (primary N) is 1. The van der Waals surface area contributed by atoms with E-state index in [0.717, 1.165) is 0 Å². The molecule has 2 amide bonds. The van der Waals surface area contributed by atoms with Gasteiger partial charge in [0.1, 0.15) is 11.8 Å². The van der Waals surface area contributed by atoms with Gasteiger partial charge in [0.15, 0.2) is 0 Å². The number of hydrogen-bond donors (Lipinski definition) is 3. The summed E-state index contributed by atoms with van der Waals surface area (Å²) < 4.78 is 26.5. The number of hydrogen-bond acceptors (Lipinski definition) is 6. The summed E-state index contributed by atoms with van der Waals surface area (Å²) in [6.07, 6.45) is 0.0452. The number of hydrazone groups is 1. The highest BCUT2D eigenvalue weighted by Crippen LogP contribution is 2.25. The van der Waals surface area contributed by atoms with E-state index in [-0.39, 0.29) is 17.0 Å². The number of rotatable bonds is 6. The summed E-state index contributed by atoms with van der Waals surface area (Å²) in [7, 11) is -2.36. The zero-order valence-electron chi connectivity index (χ0n) is 15.9. The Bertz CT molecular complexity index is 1080. The van der Waals surface area contributed by atoms with Gasteiger partial charge in [-0.2, -0.15) is 5.10 Å². The van der Waals surface area contributed by atoms with E-state index < -0.39 is 27.9 Å². The van der Waals surface area contributed by atoms with Gasteiger partial charge in [-0.25, -0.2) is 13.1 Å². The monoisotopic (exact) mass is 415 g/mol. The van der Waals surface area contributed by atoms with E-state index in [1.807, 2.05) is 6.07 Å². The summed E-state index contributed by atoms with van der Waals surface area (Å²) in [5, 5.41) is 8.33. The minimum absolute atomic E-state index is 0.0452. The molecule has 0 saturated carbocycles. The van der Waals surface area contributed by atoms with Crippen LogP contribution >= 0.6 is 0 Å². The number of primary amides is 1. The predicted octanol–water partition coefficient (Wildman–Crippen LogP) is 0.962. The second-order valence-corrected chi connectivity index (χ2v) is 8.35. The maximum atomic E-state index is 12.7. The van der Waals surface area contributed by atoms with Crippen molar-refractivity contribution in [3.63, 3.8) is 0 Å². The van der Waals surface area contributed by atoms with E-state index in [2.05, 4.69) is 15.1 Å². The molecule has 1 heterocycles. The highest BCUT2D eigenvalue weighted by atomic mass is 32.2. The minimum Gasteiger partial charge on any atom is -0.368 e. The van der Waals surface area contributed by atoms with Crippen molar-refractivity contribution in [3.05, 3.63) is 54.1 Å². The van der Waals surface area contributed by atoms with E-state index in [9.17, 15) is 18.0 Å². The summed E-state index contributed by atoms with van der Waals surface area (Å²) in [5.74, 6) is -1.13. The topological polar surface area (TPSA) is 134 Å². The number of benzene rings is 2. The molecule has 3 rings (SSSR count). The molecule has 29 heavy (non-hydrogen) atoms. The number of aryl methyl sites for hydroxylation is 1. The van der Waals surface area contributed by atoms with E-state index in [1.54, 1.807) is 43.3 Å². The molecule has 2 aromatic rings. The van der Waals surface area contributed by atoms with Crippen LogP contribution in [0.25, 0.3) is 0 Å². The van der Waals surface area contributed by atoms with Crippen molar-refractivity contribution in [1.29, 1.82) is 0 Å². The first-order valence-corrected chi connectivity index (χ1v) is 10.3. The number of amides is 2. The van der Waals surface area contributed by atoms with Crippen LogP contribution in [-0.2, 0) is 19.6 Å². The summed E-state index contributed by atoms with van der Waals surface area (Å²) >= 11 is 0. The number of sulfonamides is 1. The van der Waals surface area contributed by atoms with Crippen LogP contribution in [0.4, 0.5) is 11.4 Å². The smallest absolute Gasteiger partial charge is 0.271 e. The molecule has 0 unspecified atom stereocenters. The molecule has 0 radical (unpaired) electrons. The molecule has 0 aromatic heterocycles. The number of nitrogens with zero attached hydrogens (tertiary/aromatic N) is 2. The van der Waals surface area contributed by atoms with Crippen molar-refractivity contribution >= 4 is 38.9 Å². The minimum atomic E-state index is -3.67. The van der Waals surface area contributed by atoms with E-state index in [4.69, 9.17) is 5.73 Å². The van der Waals surface area contributed by atoms with Gasteiger partial charge >= 0.3 is 0 Å². The van der Waals surface area contributed by atoms with Crippen LogP contribution in [-0.4, -0.2) is 39.0 Å². The summed E-state index contributed by atoms with van der Waals surface area (Å²) in [5.41, 5.74) is 7.08. The Kier molecular flexibility index (Phi) is 5.66. The highest BCUT2D eigenvalue weighted by molar-refractivity contribution is 7.89. The lowest BCUT2D eigenvalue weighted by Gasteiger charge is -2.20. The fourth-order valence-corrected chi connectivity index (χ4v) is 3.96. The van der Waals surface area contributed by atoms with E-state index >= 15 is 0 Å². The Morgan fingerprint density at radius 3 is 2.48 bits per heavy atom. The van der Waals surface area contributed by atoms with Crippen molar-refractivity contribution in [2.45, 2.75) is 24.3 Å². The molecule has 0 spiro atoms. The zero-order valence-corrected chi connectivity index (χ0v) is 16.7. The number of para-hydroxylation sites is 1. The Hall–Kier alpha value is -3.24. The summed E-state index contributed by atoms with van der Waals surface area (Å²) in [6, 6.07) is 12.7. The molecule has 0 bridgehead atoms. The second kappa shape index (κ2) is 8.02. The Labute approximate surface area is 168 Å². The quantitative estimate of drug-likeness (QED) is 0.646. The van der Waals surface area contributed by atoms with Crippen molar-refractivity contribution in [3.8, 4) is 0 Å². The van der Waals surface area contributed by atoms with Gasteiger partial charge in [0.25, 0.3) is 5.91 Å². The standard InChI is InChI=1S/C19H21N5O4S/c1-12-8-9-13(10-17(12)29(27,28)21-2)22-19(26)15-11-16(18(20)25)24(23-15)14-6-4-3-5-7-14/h3-10,16,21H,11H2,1-2H3,(H2,20,25)(H,22,26)/t16-/m1/s1. The lowest BCUT2D eigenvalue weighted by atomic mass is 10.1. The van der Waals surface area contributed by atoms with Crippen LogP contribution in [0.2, 0.25) is 0 Å². The predicted molar refractivity (Wildman–Crippen MR) is 110 cm³/mol. The third-order valence-electron chi connectivity index (χ3n) is 4.53. The lowest BCUT2D eigenvalue weighted by Crippen LogP contribution is -2.39. The fourth-order valence-electron chi connectivity index (χ4n) is 2.97. The number of carbonyl (C=O) groups is 2. The molecular formula is C19H21N5O4S. The molecule has 1 atom stereocenters. The third kappa shape index (κ3) is 4.28. The third-order valence-corrected chi connectivity index (χ3v) is 6.08. The van der Waals surface area contributed by atoms with E-state index in [1.165, 1.54) is 18.1 Å². The average molecular weight is 415 g/mol. The maximum Gasteiger partial charge on any atom is 0.271 e. The van der Waals surface area contributed by atoms with Crippen molar-refractivity contribution in [2.24, 2.45) is 10.8 Å². The lowest BCUT2D eigenvalue weighted by molar-refractivity contribution is -0.119. The molecule has 10 heteroatoms. The molecule has 9 nitrogen and oxygen atoms in total. The number of carbonyl (C=O) groups excluding carboxylic acids is 2. The van der Waals surface area contributed by atoms with Gasteiger partial charge in [-0.1, -0.05) is 24.3 Å². The van der Waals surface area contributed by atoms with Crippen LogP contribution in [0.1, 0.15) is 12.0 Å². The Balaban J connectivity index is 1.86. The molecule has 0 fully saturated rings. The second-order valence-electron chi connectivity index (χ2n) is 6.49. The Morgan fingerprint density at radius 2 is 1.86 bits per heavy atom. The molecule has 0 saturated heterocycles. The highest BCUT2D eigenvalue weighted by Gasteiger charge is 2.35. The largest absolute Gasteiger partial charge is 0.368 e. The summed E-state index contributed by atoms with van der Waals surface area (Å²) in [6.45, 7) is 1.66. The first-order chi connectivity index (χ1) is 13.7. The van der Waals surface area contributed by atoms with Crippen LogP contribution in [0.5, 0.6) is 0 Å². The number of anilines is 2. The summed E-state index contributed by atoms with van der Waals surface area (Å²) in [4.78, 5) is 24.6. The van der Waals surface area contributed by atoms with Crippen LogP contribution < -0.4 is 20.8 Å². The van der Waals surface area contributed by atoms with Gasteiger partial charge in [0.2, 0.25) is 15.9 Å². The number of nitrogens with one attached hydrogen (secondary N) is 2. The SMILES string of the molecule is CNS(=O)(=O)c1cc(NC(=O)C2=NN(c3ccccc3)[C@@H](C(N)=O)C2)ccc1C. The van der Waals surface area contributed by atoms with Gasteiger partial charge in [-0.3, -0.25) is 14.6 Å². The first-order valence-electron chi connectivity index (χ1n) is 8.79. The van der Waals surface area contributed by atoms with Crippen molar-refractivity contribution in [2.75, 3.05) is 17.4 Å². The molecule has 152 valence electrons. The molecular weight excluding hydrogens is 394 g/mol. The van der Waals surface area contributed by atoms with Crippen molar-refractivity contribution < 1.29 is 18.0 Å². The maximum absolute atomic E-state index is 12.7. The first kappa shape index (κ1) is 20.5. The van der Waals surface area contributed by atoms with Gasteiger partial charge in [0, 0.05) is 12.1 Å². The van der Waals surface area contributed by atoms with Crippen LogP contribution in [0, 0.1) is 6.92 Å². The van der Waals surface area contributed by atoms with Crippen LogP contribution in [0.3, 0.4) is 0 Å². The molecule has 1 aliphatic heterocycles. The molecule has 1 aliphatic rings.